The number of aryl methyl sites for hydroxylation is 1. The van der Waals surface area contributed by atoms with E-state index in [0.717, 1.165) is 16.5 Å². The minimum Gasteiger partial charge on any atom is -0.356 e. The van der Waals surface area contributed by atoms with E-state index in [2.05, 4.69) is 45.7 Å². The molecule has 0 amide bonds. The van der Waals surface area contributed by atoms with Crippen molar-refractivity contribution in [2.45, 2.75) is 33.0 Å². The highest BCUT2D eigenvalue weighted by Gasteiger charge is 2.17. The summed E-state index contributed by atoms with van der Waals surface area (Å²) in [4.78, 5) is 19.2. The molecule has 0 radical (unpaired) electrons. The van der Waals surface area contributed by atoms with E-state index < -0.39 is 0 Å². The van der Waals surface area contributed by atoms with Gasteiger partial charge in [0.2, 0.25) is 0 Å². The van der Waals surface area contributed by atoms with Gasteiger partial charge in [0.05, 0.1) is 24.6 Å². The van der Waals surface area contributed by atoms with Crippen molar-refractivity contribution < 1.29 is 0 Å². The van der Waals surface area contributed by atoms with Crippen LogP contribution in [0.25, 0.3) is 10.9 Å². The van der Waals surface area contributed by atoms with Crippen molar-refractivity contribution in [1.29, 1.82) is 0 Å². The zero-order chi connectivity index (χ0) is 21.8. The van der Waals surface area contributed by atoms with Gasteiger partial charge in [-0.3, -0.25) is 4.79 Å². The summed E-state index contributed by atoms with van der Waals surface area (Å²) < 4.78 is 0. The third-order valence-corrected chi connectivity index (χ3v) is 6.62. The molecule has 4 nitrogen and oxygen atoms in total. The van der Waals surface area contributed by atoms with Crippen LogP contribution in [0.3, 0.4) is 0 Å². The number of aromatic amines is 1. The Bertz CT molecular complexity index is 1230. The standard InChI is InChI=1S/C25H25N3OS2/c1-17-8-6-11-20-14-21(24(29)27-23(17)20)15-28(16-22-12-7-13-31-22)25(30)26-18(2)19-9-4-3-5-10-19/h3-14,18H,15-16H2,1-2H3,(H,26,30)(H,27,29). The maximum atomic E-state index is 12.8. The second-order valence-electron chi connectivity index (χ2n) is 7.68. The van der Waals surface area contributed by atoms with E-state index in [9.17, 15) is 4.79 Å². The molecule has 0 saturated heterocycles. The first-order chi connectivity index (χ1) is 15.0. The molecule has 2 aromatic heterocycles. The number of para-hydroxylation sites is 1. The molecule has 2 N–H and O–H groups in total. The Morgan fingerprint density at radius 2 is 1.90 bits per heavy atom. The molecule has 0 fully saturated rings. The highest BCUT2D eigenvalue weighted by molar-refractivity contribution is 7.80. The average Bonchev–Trinajstić information content (AvgIpc) is 3.28. The van der Waals surface area contributed by atoms with Crippen LogP contribution < -0.4 is 10.9 Å². The number of thiocarbonyl (C=S) groups is 1. The maximum absolute atomic E-state index is 12.8. The molecule has 1 atom stereocenters. The van der Waals surface area contributed by atoms with Crippen molar-refractivity contribution in [3.8, 4) is 0 Å². The van der Waals surface area contributed by atoms with E-state index in [1.807, 2.05) is 55.5 Å². The molecule has 1 unspecified atom stereocenters. The molecule has 6 heteroatoms. The number of fused-ring (bicyclic) bond motifs is 1. The molecule has 31 heavy (non-hydrogen) atoms. The summed E-state index contributed by atoms with van der Waals surface area (Å²) in [5.74, 6) is 0. The minimum atomic E-state index is -0.0723. The van der Waals surface area contributed by atoms with Gasteiger partial charge in [-0.1, -0.05) is 54.6 Å². The Hall–Kier alpha value is -2.96. The first kappa shape index (κ1) is 21.3. The molecule has 2 heterocycles. The molecule has 0 saturated carbocycles. The predicted molar refractivity (Wildman–Crippen MR) is 133 cm³/mol. The van der Waals surface area contributed by atoms with Crippen molar-refractivity contribution in [2.75, 3.05) is 0 Å². The third kappa shape index (κ3) is 5.03. The Morgan fingerprint density at radius 1 is 1.10 bits per heavy atom. The Morgan fingerprint density at radius 3 is 2.65 bits per heavy atom. The lowest BCUT2D eigenvalue weighted by molar-refractivity contribution is 0.395. The van der Waals surface area contributed by atoms with Gasteiger partial charge in [0.25, 0.3) is 5.56 Å². The van der Waals surface area contributed by atoms with Crippen molar-refractivity contribution >= 4 is 39.6 Å². The summed E-state index contributed by atoms with van der Waals surface area (Å²) >= 11 is 7.48. The van der Waals surface area contributed by atoms with E-state index >= 15 is 0 Å². The van der Waals surface area contributed by atoms with Gasteiger partial charge in [-0.25, -0.2) is 0 Å². The number of hydrogen-bond acceptors (Lipinski definition) is 3. The second-order valence-corrected chi connectivity index (χ2v) is 9.10. The molecule has 0 aliphatic carbocycles. The lowest BCUT2D eigenvalue weighted by atomic mass is 10.1. The SMILES string of the molecule is Cc1cccc2cc(CN(Cc3cccs3)C(=S)NC(C)c3ccccc3)c(=O)[nH]c12. The number of aromatic nitrogens is 1. The van der Waals surface area contributed by atoms with Crippen molar-refractivity contribution in [2.24, 2.45) is 0 Å². The minimum absolute atomic E-state index is 0.0667. The molecule has 4 rings (SSSR count). The number of H-pyrrole nitrogens is 1. The first-order valence-corrected chi connectivity index (χ1v) is 11.5. The number of nitrogens with one attached hydrogen (secondary N) is 2. The topological polar surface area (TPSA) is 48.1 Å². The zero-order valence-electron chi connectivity index (χ0n) is 17.6. The third-order valence-electron chi connectivity index (χ3n) is 5.38. The maximum Gasteiger partial charge on any atom is 0.253 e. The lowest BCUT2D eigenvalue weighted by Gasteiger charge is -2.28. The van der Waals surface area contributed by atoms with Crippen molar-refractivity contribution in [3.63, 3.8) is 0 Å². The second kappa shape index (κ2) is 9.45. The summed E-state index contributed by atoms with van der Waals surface area (Å²) in [7, 11) is 0. The average molecular weight is 448 g/mol. The molecular weight excluding hydrogens is 422 g/mol. The number of hydrogen-bond donors (Lipinski definition) is 2. The van der Waals surface area contributed by atoms with Crippen LogP contribution in [0, 0.1) is 6.92 Å². The first-order valence-electron chi connectivity index (χ1n) is 10.3. The number of thiophene rings is 1. The Labute approximate surface area is 191 Å². The summed E-state index contributed by atoms with van der Waals surface area (Å²) in [5, 5.41) is 7.16. The number of benzene rings is 2. The van der Waals surface area contributed by atoms with E-state index in [1.54, 1.807) is 11.3 Å². The summed E-state index contributed by atoms with van der Waals surface area (Å²) in [6.45, 7) is 5.18. The monoisotopic (exact) mass is 447 g/mol. The van der Waals surface area contributed by atoms with Crippen LogP contribution in [0.15, 0.2) is 76.9 Å². The quantitative estimate of drug-likeness (QED) is 0.381. The number of nitrogens with zero attached hydrogens (tertiary/aromatic N) is 1. The number of rotatable bonds is 6. The Kier molecular flexibility index (Phi) is 6.49. The molecule has 158 valence electrons. The number of pyridine rings is 1. The van der Waals surface area contributed by atoms with Gasteiger partial charge in [-0.05, 0) is 60.1 Å². The van der Waals surface area contributed by atoms with Gasteiger partial charge in [-0.2, -0.15) is 0 Å². The predicted octanol–water partition coefficient (Wildman–Crippen LogP) is 5.54. The summed E-state index contributed by atoms with van der Waals surface area (Å²) in [6, 6.07) is 22.4. The fraction of sp³-hybridized carbons (Fsp3) is 0.200. The molecule has 0 aliphatic rings. The van der Waals surface area contributed by atoms with Gasteiger partial charge in [-0.15, -0.1) is 11.3 Å². The van der Waals surface area contributed by atoms with Crippen molar-refractivity contribution in [1.82, 2.24) is 15.2 Å². The molecule has 0 aliphatic heterocycles. The van der Waals surface area contributed by atoms with Crippen LogP contribution in [0.5, 0.6) is 0 Å². The van der Waals surface area contributed by atoms with Crippen molar-refractivity contribution in [3.05, 3.63) is 104 Å². The van der Waals surface area contributed by atoms with Gasteiger partial charge in [0.15, 0.2) is 5.11 Å². The largest absolute Gasteiger partial charge is 0.356 e. The van der Waals surface area contributed by atoms with Gasteiger partial charge in [0, 0.05) is 10.4 Å². The molecule has 2 aromatic carbocycles. The van der Waals surface area contributed by atoms with Gasteiger partial charge >= 0.3 is 0 Å². The molecule has 0 spiro atoms. The summed E-state index contributed by atoms with van der Waals surface area (Å²) in [6.07, 6.45) is 0. The highest BCUT2D eigenvalue weighted by atomic mass is 32.1. The summed E-state index contributed by atoms with van der Waals surface area (Å²) in [5.41, 5.74) is 3.74. The van der Waals surface area contributed by atoms with E-state index in [4.69, 9.17) is 12.2 Å². The van der Waals surface area contributed by atoms with Crippen LogP contribution in [-0.4, -0.2) is 15.0 Å². The van der Waals surface area contributed by atoms with Crippen LogP contribution in [0.2, 0.25) is 0 Å². The molecular formula is C25H25N3OS2. The fourth-order valence-electron chi connectivity index (χ4n) is 3.64. The fourth-order valence-corrected chi connectivity index (χ4v) is 4.67. The normalized spacial score (nSPS) is 11.9. The highest BCUT2D eigenvalue weighted by Crippen LogP contribution is 2.19. The van der Waals surface area contributed by atoms with E-state index in [-0.39, 0.29) is 11.6 Å². The smallest absolute Gasteiger partial charge is 0.253 e. The van der Waals surface area contributed by atoms with Crippen LogP contribution >= 0.6 is 23.6 Å². The lowest BCUT2D eigenvalue weighted by Crippen LogP contribution is -2.40. The van der Waals surface area contributed by atoms with Gasteiger partial charge in [0.1, 0.15) is 0 Å². The molecule has 0 bridgehead atoms. The van der Waals surface area contributed by atoms with Crippen LogP contribution in [0.4, 0.5) is 0 Å². The van der Waals surface area contributed by atoms with Gasteiger partial charge < -0.3 is 15.2 Å². The van der Waals surface area contributed by atoms with Crippen LogP contribution in [-0.2, 0) is 13.1 Å². The Balaban J connectivity index is 1.61. The van der Waals surface area contributed by atoms with E-state index in [1.165, 1.54) is 10.4 Å². The zero-order valence-corrected chi connectivity index (χ0v) is 19.2. The van der Waals surface area contributed by atoms with E-state index in [0.29, 0.717) is 23.8 Å². The van der Waals surface area contributed by atoms with Crippen LogP contribution in [0.1, 0.15) is 34.5 Å². The molecule has 4 aromatic rings.